The highest BCUT2D eigenvalue weighted by molar-refractivity contribution is 9.13. The van der Waals surface area contributed by atoms with Crippen molar-refractivity contribution in [3.63, 3.8) is 0 Å². The first-order valence-electron chi connectivity index (χ1n) is 5.23. The van der Waals surface area contributed by atoms with Crippen molar-refractivity contribution in [1.29, 1.82) is 0 Å². The predicted octanol–water partition coefficient (Wildman–Crippen LogP) is 3.84. The molecule has 0 aromatic carbocycles. The van der Waals surface area contributed by atoms with E-state index >= 15 is 0 Å². The summed E-state index contributed by atoms with van der Waals surface area (Å²) in [6, 6.07) is 2.07. The van der Waals surface area contributed by atoms with Gasteiger partial charge in [0.2, 0.25) is 0 Å². The molecular weight excluding hydrogens is 320 g/mol. The lowest BCUT2D eigenvalue weighted by molar-refractivity contribution is 0.438. The van der Waals surface area contributed by atoms with Gasteiger partial charge in [0.1, 0.15) is 4.60 Å². The Morgan fingerprint density at radius 1 is 1.33 bits per heavy atom. The number of anilines is 1. The number of rotatable bonds is 1. The fourth-order valence-electron chi connectivity index (χ4n) is 1.90. The Bertz CT molecular complexity index is 346. The fraction of sp³-hybridized carbons (Fsp3) is 0.545. The van der Waals surface area contributed by atoms with E-state index in [1.54, 1.807) is 0 Å². The molecule has 1 aromatic rings. The molecule has 2 rings (SSSR count). The van der Waals surface area contributed by atoms with Gasteiger partial charge in [-0.15, -0.1) is 0 Å². The minimum atomic E-state index is 0.866. The van der Waals surface area contributed by atoms with Crippen molar-refractivity contribution < 1.29 is 0 Å². The first-order chi connectivity index (χ1) is 7.18. The summed E-state index contributed by atoms with van der Waals surface area (Å²) in [6.45, 7) is 4.63. The predicted molar refractivity (Wildman–Crippen MR) is 70.2 cm³/mol. The Morgan fingerprint density at radius 3 is 2.67 bits per heavy atom. The molecule has 0 saturated carbocycles. The Balaban J connectivity index is 2.19. The molecule has 1 saturated heterocycles. The van der Waals surface area contributed by atoms with Crippen LogP contribution in [-0.4, -0.2) is 18.1 Å². The monoisotopic (exact) mass is 332 g/mol. The third kappa shape index (κ3) is 2.53. The lowest BCUT2D eigenvalue weighted by Gasteiger charge is -2.32. The molecule has 0 radical (unpaired) electrons. The SMILES string of the molecule is CC1CCN(c2ccnc(Br)c2Br)CC1. The van der Waals surface area contributed by atoms with Crippen molar-refractivity contribution in [1.82, 2.24) is 4.98 Å². The molecule has 4 heteroatoms. The smallest absolute Gasteiger partial charge is 0.122 e. The van der Waals surface area contributed by atoms with Gasteiger partial charge in [0, 0.05) is 19.3 Å². The lowest BCUT2D eigenvalue weighted by Crippen LogP contribution is -2.33. The molecule has 82 valence electrons. The van der Waals surface area contributed by atoms with Gasteiger partial charge in [-0.1, -0.05) is 6.92 Å². The maximum Gasteiger partial charge on any atom is 0.122 e. The first kappa shape index (κ1) is 11.4. The van der Waals surface area contributed by atoms with Gasteiger partial charge in [-0.3, -0.25) is 0 Å². The van der Waals surface area contributed by atoms with Gasteiger partial charge in [0.05, 0.1) is 10.2 Å². The van der Waals surface area contributed by atoms with Crippen molar-refractivity contribution in [2.75, 3.05) is 18.0 Å². The van der Waals surface area contributed by atoms with Gasteiger partial charge in [-0.2, -0.15) is 0 Å². The Labute approximate surface area is 107 Å². The molecular formula is C11H14Br2N2. The van der Waals surface area contributed by atoms with E-state index in [-0.39, 0.29) is 0 Å². The largest absolute Gasteiger partial charge is 0.370 e. The van der Waals surface area contributed by atoms with E-state index in [0.717, 1.165) is 28.1 Å². The van der Waals surface area contributed by atoms with Gasteiger partial charge in [0.15, 0.2) is 0 Å². The van der Waals surface area contributed by atoms with Gasteiger partial charge in [0.25, 0.3) is 0 Å². The molecule has 1 aliphatic rings. The summed E-state index contributed by atoms with van der Waals surface area (Å²) in [4.78, 5) is 6.62. The molecule has 0 unspecified atom stereocenters. The summed E-state index contributed by atoms with van der Waals surface area (Å²) < 4.78 is 1.96. The average Bonchev–Trinajstić information content (AvgIpc) is 2.24. The lowest BCUT2D eigenvalue weighted by atomic mass is 9.99. The van der Waals surface area contributed by atoms with E-state index in [2.05, 4.69) is 54.7 Å². The number of halogens is 2. The Kier molecular flexibility index (Phi) is 3.67. The molecule has 0 spiro atoms. The van der Waals surface area contributed by atoms with Crippen LogP contribution >= 0.6 is 31.9 Å². The highest BCUT2D eigenvalue weighted by atomic mass is 79.9. The summed E-state index contributed by atoms with van der Waals surface area (Å²) in [6.07, 6.45) is 4.42. The Hall–Kier alpha value is -0.0900. The molecule has 0 N–H and O–H groups in total. The fourth-order valence-corrected chi connectivity index (χ4v) is 2.71. The van der Waals surface area contributed by atoms with Gasteiger partial charge < -0.3 is 4.90 Å². The van der Waals surface area contributed by atoms with Gasteiger partial charge in [-0.05, 0) is 56.7 Å². The van der Waals surface area contributed by atoms with Crippen LogP contribution < -0.4 is 4.90 Å². The quantitative estimate of drug-likeness (QED) is 0.726. The summed E-state index contributed by atoms with van der Waals surface area (Å²) >= 11 is 7.02. The molecule has 2 heterocycles. The molecule has 2 nitrogen and oxygen atoms in total. The summed E-state index contributed by atoms with van der Waals surface area (Å²) in [5.41, 5.74) is 1.25. The number of hydrogen-bond donors (Lipinski definition) is 0. The van der Waals surface area contributed by atoms with Gasteiger partial charge in [-0.25, -0.2) is 4.98 Å². The number of hydrogen-bond acceptors (Lipinski definition) is 2. The van der Waals surface area contributed by atoms with Crippen LogP contribution in [0.15, 0.2) is 21.3 Å². The highest BCUT2D eigenvalue weighted by Gasteiger charge is 2.18. The third-order valence-corrected chi connectivity index (χ3v) is 4.87. The van der Waals surface area contributed by atoms with Crippen molar-refractivity contribution >= 4 is 37.5 Å². The number of nitrogens with zero attached hydrogens (tertiary/aromatic N) is 2. The average molecular weight is 334 g/mol. The zero-order valence-corrected chi connectivity index (χ0v) is 11.9. The molecule has 1 aromatic heterocycles. The standard InChI is InChI=1S/C11H14Br2N2/c1-8-3-6-15(7-4-8)9-2-5-14-11(13)10(9)12/h2,5,8H,3-4,6-7H2,1H3. The van der Waals surface area contributed by atoms with E-state index in [1.807, 2.05) is 6.20 Å². The van der Waals surface area contributed by atoms with Crippen LogP contribution in [0.3, 0.4) is 0 Å². The zero-order valence-electron chi connectivity index (χ0n) is 8.71. The van der Waals surface area contributed by atoms with E-state index in [1.165, 1.54) is 18.5 Å². The summed E-state index contributed by atoms with van der Waals surface area (Å²) in [7, 11) is 0. The van der Waals surface area contributed by atoms with Crippen molar-refractivity contribution in [3.05, 3.63) is 21.3 Å². The van der Waals surface area contributed by atoms with Crippen LogP contribution in [0.5, 0.6) is 0 Å². The molecule has 1 fully saturated rings. The van der Waals surface area contributed by atoms with Gasteiger partial charge >= 0.3 is 0 Å². The van der Waals surface area contributed by atoms with Crippen LogP contribution in [0.25, 0.3) is 0 Å². The second-order valence-corrected chi connectivity index (χ2v) is 5.65. The molecule has 15 heavy (non-hydrogen) atoms. The molecule has 0 amide bonds. The van der Waals surface area contributed by atoms with E-state index in [4.69, 9.17) is 0 Å². The summed E-state index contributed by atoms with van der Waals surface area (Å²) in [5.74, 6) is 0.866. The molecule has 0 atom stereocenters. The Morgan fingerprint density at radius 2 is 2.00 bits per heavy atom. The molecule has 0 aliphatic carbocycles. The number of piperidine rings is 1. The number of pyridine rings is 1. The van der Waals surface area contributed by atoms with Crippen LogP contribution in [0.1, 0.15) is 19.8 Å². The summed E-state index contributed by atoms with van der Waals surface area (Å²) in [5, 5.41) is 0. The van der Waals surface area contributed by atoms with Crippen LogP contribution in [0, 0.1) is 5.92 Å². The molecule has 1 aliphatic heterocycles. The topological polar surface area (TPSA) is 16.1 Å². The van der Waals surface area contributed by atoms with Crippen LogP contribution in [0.4, 0.5) is 5.69 Å². The second kappa shape index (κ2) is 4.83. The minimum absolute atomic E-state index is 0.866. The zero-order chi connectivity index (χ0) is 10.8. The van der Waals surface area contributed by atoms with E-state index in [9.17, 15) is 0 Å². The van der Waals surface area contributed by atoms with Crippen molar-refractivity contribution in [2.45, 2.75) is 19.8 Å². The van der Waals surface area contributed by atoms with E-state index < -0.39 is 0 Å². The van der Waals surface area contributed by atoms with Crippen LogP contribution in [0.2, 0.25) is 0 Å². The highest BCUT2D eigenvalue weighted by Crippen LogP contribution is 2.33. The number of aromatic nitrogens is 1. The normalized spacial score (nSPS) is 18.2. The maximum absolute atomic E-state index is 4.19. The molecule has 0 bridgehead atoms. The maximum atomic E-state index is 4.19. The minimum Gasteiger partial charge on any atom is -0.370 e. The van der Waals surface area contributed by atoms with E-state index in [0.29, 0.717) is 0 Å². The van der Waals surface area contributed by atoms with Crippen molar-refractivity contribution in [2.24, 2.45) is 5.92 Å². The second-order valence-electron chi connectivity index (χ2n) is 4.10. The van der Waals surface area contributed by atoms with Crippen molar-refractivity contribution in [3.8, 4) is 0 Å². The third-order valence-electron chi connectivity index (χ3n) is 2.95. The van der Waals surface area contributed by atoms with Crippen LogP contribution in [-0.2, 0) is 0 Å². The first-order valence-corrected chi connectivity index (χ1v) is 6.82.